The first kappa shape index (κ1) is 15.5. The predicted octanol–water partition coefficient (Wildman–Crippen LogP) is 4.30. The Morgan fingerprint density at radius 2 is 1.95 bits per heavy atom. The van der Waals surface area contributed by atoms with Crippen molar-refractivity contribution in [1.82, 2.24) is 4.98 Å². The zero-order valence-corrected chi connectivity index (χ0v) is 12.4. The molecular weight excluding hydrogens is 340 g/mol. The smallest absolute Gasteiger partial charge is 0.257 e. The molecule has 0 unspecified atom stereocenters. The van der Waals surface area contributed by atoms with Crippen LogP contribution in [0.5, 0.6) is 0 Å². The van der Waals surface area contributed by atoms with Crippen LogP contribution in [0.2, 0.25) is 15.2 Å². The van der Waals surface area contributed by atoms with Crippen molar-refractivity contribution in [2.24, 2.45) is 0 Å². The molecule has 0 spiro atoms. The van der Waals surface area contributed by atoms with Crippen LogP contribution >= 0.6 is 34.8 Å². The summed E-state index contributed by atoms with van der Waals surface area (Å²) in [6, 6.07) is 5.75. The number of halogens is 4. The lowest BCUT2D eigenvalue weighted by Crippen LogP contribution is -2.14. The Hall–Kier alpha value is -1.87. The summed E-state index contributed by atoms with van der Waals surface area (Å²) in [6.45, 7) is 0. The van der Waals surface area contributed by atoms with Gasteiger partial charge in [-0.05, 0) is 18.2 Å². The van der Waals surface area contributed by atoms with Gasteiger partial charge in [-0.15, -0.1) is 0 Å². The van der Waals surface area contributed by atoms with Crippen molar-refractivity contribution in [3.05, 3.63) is 56.5 Å². The zero-order valence-electron chi connectivity index (χ0n) is 10.1. The summed E-state index contributed by atoms with van der Waals surface area (Å²) < 4.78 is 13.7. The number of nitrogens with one attached hydrogen (secondary N) is 1. The van der Waals surface area contributed by atoms with Gasteiger partial charge in [-0.25, -0.2) is 9.37 Å². The van der Waals surface area contributed by atoms with Gasteiger partial charge in [0.05, 0.1) is 26.9 Å². The number of benzene rings is 1. The second-order valence-electron chi connectivity index (χ2n) is 3.82. The van der Waals surface area contributed by atoms with E-state index in [2.05, 4.69) is 10.3 Å². The van der Waals surface area contributed by atoms with E-state index in [9.17, 15) is 9.18 Å². The van der Waals surface area contributed by atoms with Crippen molar-refractivity contribution in [2.75, 3.05) is 5.32 Å². The van der Waals surface area contributed by atoms with E-state index in [4.69, 9.17) is 40.1 Å². The van der Waals surface area contributed by atoms with E-state index in [0.29, 0.717) is 0 Å². The average Bonchev–Trinajstić information content (AvgIpc) is 2.46. The van der Waals surface area contributed by atoms with Crippen LogP contribution < -0.4 is 5.32 Å². The van der Waals surface area contributed by atoms with Gasteiger partial charge in [0.25, 0.3) is 5.91 Å². The summed E-state index contributed by atoms with van der Waals surface area (Å²) >= 11 is 17.3. The summed E-state index contributed by atoms with van der Waals surface area (Å²) in [7, 11) is 0. The summed E-state index contributed by atoms with van der Waals surface area (Å²) in [5.74, 6) is -1.55. The summed E-state index contributed by atoms with van der Waals surface area (Å²) in [5.41, 5.74) is 0.000836. The van der Waals surface area contributed by atoms with Gasteiger partial charge < -0.3 is 5.32 Å². The number of hydrogen-bond donors (Lipinski definition) is 1. The van der Waals surface area contributed by atoms with Crippen molar-refractivity contribution in [1.29, 1.82) is 5.26 Å². The Morgan fingerprint density at radius 3 is 2.62 bits per heavy atom. The van der Waals surface area contributed by atoms with Crippen LogP contribution in [-0.2, 0) is 0 Å². The molecule has 0 aliphatic heterocycles. The molecule has 1 aromatic heterocycles. The third-order valence-corrected chi connectivity index (χ3v) is 3.69. The minimum absolute atomic E-state index is 0.00741. The topological polar surface area (TPSA) is 65.8 Å². The van der Waals surface area contributed by atoms with Gasteiger partial charge in [-0.2, -0.15) is 5.26 Å². The van der Waals surface area contributed by atoms with Crippen molar-refractivity contribution in [3.63, 3.8) is 0 Å². The standard InChI is InChI=1S/C13H5Cl3FN3O/c14-9-6(5-18)1-2-7(10(9)15)13(21)20-8-3-4-19-12(16)11(8)17/h1-4H,(H,19,20,21). The molecule has 106 valence electrons. The molecule has 1 aromatic carbocycles. The monoisotopic (exact) mass is 343 g/mol. The van der Waals surface area contributed by atoms with Gasteiger partial charge in [-0.3, -0.25) is 4.79 Å². The normalized spacial score (nSPS) is 10.0. The Kier molecular flexibility index (Phi) is 4.63. The summed E-state index contributed by atoms with van der Waals surface area (Å²) in [6.07, 6.45) is 1.24. The fraction of sp³-hybridized carbons (Fsp3) is 0. The van der Waals surface area contributed by atoms with Crippen LogP contribution in [0.3, 0.4) is 0 Å². The van der Waals surface area contributed by atoms with Crippen molar-refractivity contribution >= 4 is 46.4 Å². The first-order valence-corrected chi connectivity index (χ1v) is 6.58. The van der Waals surface area contributed by atoms with Crippen LogP contribution in [0.15, 0.2) is 24.4 Å². The van der Waals surface area contributed by atoms with E-state index in [1.54, 1.807) is 0 Å². The van der Waals surface area contributed by atoms with Crippen LogP contribution in [0.4, 0.5) is 10.1 Å². The highest BCUT2D eigenvalue weighted by Gasteiger charge is 2.18. The number of hydrogen-bond acceptors (Lipinski definition) is 3. The summed E-state index contributed by atoms with van der Waals surface area (Å²) in [4.78, 5) is 15.6. The van der Waals surface area contributed by atoms with Gasteiger partial charge in [-0.1, -0.05) is 34.8 Å². The number of amides is 1. The molecule has 0 aliphatic carbocycles. The molecule has 0 saturated carbocycles. The quantitative estimate of drug-likeness (QED) is 0.826. The van der Waals surface area contributed by atoms with Gasteiger partial charge in [0, 0.05) is 6.20 Å². The van der Waals surface area contributed by atoms with Crippen molar-refractivity contribution < 1.29 is 9.18 Å². The molecule has 4 nitrogen and oxygen atoms in total. The Labute approximate surface area is 134 Å². The van der Waals surface area contributed by atoms with Crippen LogP contribution in [-0.4, -0.2) is 10.9 Å². The lowest BCUT2D eigenvalue weighted by atomic mass is 10.1. The molecule has 0 radical (unpaired) electrons. The second-order valence-corrected chi connectivity index (χ2v) is 4.93. The predicted molar refractivity (Wildman–Crippen MR) is 78.3 cm³/mol. The fourth-order valence-corrected chi connectivity index (χ4v) is 2.13. The number of nitrogens with zero attached hydrogens (tertiary/aromatic N) is 2. The van der Waals surface area contributed by atoms with Crippen molar-refractivity contribution in [2.45, 2.75) is 0 Å². The van der Waals surface area contributed by atoms with E-state index in [0.717, 1.165) is 0 Å². The van der Waals surface area contributed by atoms with Crippen LogP contribution in [0.25, 0.3) is 0 Å². The van der Waals surface area contributed by atoms with Crippen LogP contribution in [0.1, 0.15) is 15.9 Å². The maximum absolute atomic E-state index is 13.7. The number of anilines is 1. The molecule has 8 heteroatoms. The number of aromatic nitrogens is 1. The molecule has 2 rings (SSSR count). The molecule has 21 heavy (non-hydrogen) atoms. The highest BCUT2D eigenvalue weighted by Crippen LogP contribution is 2.30. The van der Waals surface area contributed by atoms with Gasteiger partial charge in [0.15, 0.2) is 11.0 Å². The highest BCUT2D eigenvalue weighted by molar-refractivity contribution is 6.44. The Bertz CT molecular complexity index is 774. The number of nitriles is 1. The summed E-state index contributed by atoms with van der Waals surface area (Å²) in [5, 5.41) is 10.6. The molecule has 0 bridgehead atoms. The van der Waals surface area contributed by atoms with Gasteiger partial charge >= 0.3 is 0 Å². The molecule has 0 atom stereocenters. The van der Waals surface area contributed by atoms with Crippen molar-refractivity contribution in [3.8, 4) is 6.07 Å². The van der Waals surface area contributed by atoms with E-state index >= 15 is 0 Å². The average molecular weight is 345 g/mol. The zero-order chi connectivity index (χ0) is 15.6. The van der Waals surface area contributed by atoms with Gasteiger partial charge in [0.2, 0.25) is 0 Å². The van der Waals surface area contributed by atoms with E-state index in [-0.39, 0.29) is 32.0 Å². The Morgan fingerprint density at radius 1 is 1.24 bits per heavy atom. The number of carbonyl (C=O) groups is 1. The molecule has 0 aliphatic rings. The molecule has 1 amide bonds. The molecule has 0 saturated heterocycles. The van der Waals surface area contributed by atoms with E-state index < -0.39 is 11.7 Å². The van der Waals surface area contributed by atoms with Gasteiger partial charge in [0.1, 0.15) is 6.07 Å². The minimum atomic E-state index is -0.858. The Balaban J connectivity index is 2.36. The lowest BCUT2D eigenvalue weighted by molar-refractivity contribution is 0.102. The third-order valence-electron chi connectivity index (χ3n) is 2.54. The SMILES string of the molecule is N#Cc1ccc(C(=O)Nc2ccnc(Cl)c2F)c(Cl)c1Cl. The number of carbonyl (C=O) groups excluding carboxylic acids is 1. The third kappa shape index (κ3) is 3.08. The first-order valence-electron chi connectivity index (χ1n) is 5.45. The van der Waals surface area contributed by atoms with Crippen LogP contribution in [0, 0.1) is 17.1 Å². The first-order chi connectivity index (χ1) is 9.95. The lowest BCUT2D eigenvalue weighted by Gasteiger charge is -2.09. The molecule has 1 N–H and O–H groups in total. The molecule has 1 heterocycles. The van der Waals surface area contributed by atoms with E-state index in [1.165, 1.54) is 24.4 Å². The maximum Gasteiger partial charge on any atom is 0.257 e. The maximum atomic E-state index is 13.7. The largest absolute Gasteiger partial charge is 0.319 e. The second kappa shape index (κ2) is 6.27. The fourth-order valence-electron chi connectivity index (χ4n) is 1.52. The van der Waals surface area contributed by atoms with E-state index in [1.807, 2.05) is 6.07 Å². The minimum Gasteiger partial charge on any atom is -0.319 e. The number of pyridine rings is 1. The highest BCUT2D eigenvalue weighted by atomic mass is 35.5. The molecule has 0 fully saturated rings. The molecular formula is C13H5Cl3FN3O. The molecule has 2 aromatic rings. The number of rotatable bonds is 2.